The van der Waals surface area contributed by atoms with Crippen LogP contribution in [0, 0.1) is 5.82 Å². The van der Waals surface area contributed by atoms with Gasteiger partial charge >= 0.3 is 0 Å². The molecule has 158 valence electrons. The molecule has 3 aromatic rings. The number of carbonyl (C=O) groups excluding carboxylic acids is 2. The van der Waals surface area contributed by atoms with Gasteiger partial charge in [0, 0.05) is 67.1 Å². The Morgan fingerprint density at radius 3 is 2.29 bits per heavy atom. The summed E-state index contributed by atoms with van der Waals surface area (Å²) in [5, 5.41) is 3.22. The van der Waals surface area contributed by atoms with Gasteiger partial charge < -0.3 is 14.4 Å². The van der Waals surface area contributed by atoms with Gasteiger partial charge in [0.1, 0.15) is 5.82 Å². The van der Waals surface area contributed by atoms with E-state index in [0.29, 0.717) is 5.56 Å². The maximum atomic E-state index is 15.0. The third-order valence-electron chi connectivity index (χ3n) is 6.19. The monoisotopic (exact) mass is 418 g/mol. The van der Waals surface area contributed by atoms with Crippen molar-refractivity contribution in [2.45, 2.75) is 0 Å². The van der Waals surface area contributed by atoms with Gasteiger partial charge in [0.2, 0.25) is 0 Å². The van der Waals surface area contributed by atoms with Crippen molar-refractivity contribution in [3.63, 3.8) is 0 Å². The molecule has 3 heterocycles. The second kappa shape index (κ2) is 7.35. The number of nitrogens with one attached hydrogen (secondary N) is 1. The van der Waals surface area contributed by atoms with E-state index in [-0.39, 0.29) is 16.7 Å². The maximum Gasteiger partial charge on any atom is 0.259 e. The number of rotatable bonds is 3. The van der Waals surface area contributed by atoms with Crippen molar-refractivity contribution in [3.8, 4) is 0 Å². The molecule has 7 heteroatoms. The highest BCUT2D eigenvalue weighted by atomic mass is 19.1. The lowest BCUT2D eigenvalue weighted by Gasteiger charge is -2.34. The fourth-order valence-corrected chi connectivity index (χ4v) is 4.48. The first kappa shape index (κ1) is 19.5. The van der Waals surface area contributed by atoms with E-state index in [1.165, 1.54) is 6.07 Å². The number of amides is 2. The minimum atomic E-state index is -0.567. The first-order valence-electron chi connectivity index (χ1n) is 10.3. The Hall–Kier alpha value is -3.45. The summed E-state index contributed by atoms with van der Waals surface area (Å²) in [4.78, 5) is 30.0. The fraction of sp³-hybridized carbons (Fsp3) is 0.250. The van der Waals surface area contributed by atoms with Crippen LogP contribution < -0.4 is 10.2 Å². The van der Waals surface area contributed by atoms with Crippen LogP contribution >= 0.6 is 0 Å². The van der Waals surface area contributed by atoms with Gasteiger partial charge in [-0.25, -0.2) is 4.39 Å². The topological polar surface area (TPSA) is 57.6 Å². The largest absolute Gasteiger partial charge is 0.369 e. The number of carbonyl (C=O) groups is 2. The van der Waals surface area contributed by atoms with Crippen molar-refractivity contribution in [1.82, 2.24) is 14.8 Å². The molecule has 6 nitrogen and oxygen atoms in total. The Balaban J connectivity index is 1.68. The van der Waals surface area contributed by atoms with Gasteiger partial charge in [-0.2, -0.15) is 0 Å². The molecule has 0 unspecified atom stereocenters. The quantitative estimate of drug-likeness (QED) is 0.665. The summed E-state index contributed by atoms with van der Waals surface area (Å²) in [6.07, 6.45) is 1.82. The predicted molar refractivity (Wildman–Crippen MR) is 119 cm³/mol. The molecule has 2 aliphatic rings. The van der Waals surface area contributed by atoms with E-state index in [1.54, 1.807) is 12.1 Å². The van der Waals surface area contributed by atoms with E-state index in [1.807, 2.05) is 42.1 Å². The van der Waals surface area contributed by atoms with Gasteiger partial charge in [-0.1, -0.05) is 18.2 Å². The first-order valence-corrected chi connectivity index (χ1v) is 10.3. The summed E-state index contributed by atoms with van der Waals surface area (Å²) >= 11 is 0. The van der Waals surface area contributed by atoms with Crippen LogP contribution in [-0.4, -0.2) is 54.5 Å². The Morgan fingerprint density at radius 2 is 1.55 bits per heavy atom. The molecule has 1 saturated heterocycles. The minimum Gasteiger partial charge on any atom is -0.369 e. The number of hydrogen-bond acceptors (Lipinski definition) is 4. The van der Waals surface area contributed by atoms with Crippen molar-refractivity contribution in [1.29, 1.82) is 0 Å². The number of aryl methyl sites for hydroxylation is 1. The normalized spacial score (nSPS) is 17.7. The Bertz CT molecular complexity index is 1250. The molecule has 0 atom stereocenters. The summed E-state index contributed by atoms with van der Waals surface area (Å²) in [5.74, 6) is -1.58. The van der Waals surface area contributed by atoms with Gasteiger partial charge in [-0.05, 0) is 31.3 Å². The number of para-hydroxylation sites is 1. The summed E-state index contributed by atoms with van der Waals surface area (Å²) in [6.45, 7) is 3.47. The average molecular weight is 418 g/mol. The number of nitrogens with zero attached hydrogens (tertiary/aromatic N) is 3. The van der Waals surface area contributed by atoms with Crippen molar-refractivity contribution in [3.05, 3.63) is 65.6 Å². The Labute approximate surface area is 179 Å². The molecule has 2 aliphatic heterocycles. The Kier molecular flexibility index (Phi) is 4.63. The highest BCUT2D eigenvalue weighted by Gasteiger charge is 2.35. The van der Waals surface area contributed by atoms with Crippen molar-refractivity contribution < 1.29 is 14.0 Å². The zero-order chi connectivity index (χ0) is 21.7. The van der Waals surface area contributed by atoms with Crippen LogP contribution in [0.3, 0.4) is 0 Å². The van der Waals surface area contributed by atoms with Crippen LogP contribution in [0.2, 0.25) is 0 Å². The zero-order valence-electron chi connectivity index (χ0n) is 17.5. The van der Waals surface area contributed by atoms with Crippen molar-refractivity contribution >= 4 is 39.6 Å². The summed E-state index contributed by atoms with van der Waals surface area (Å²) < 4.78 is 16.9. The lowest BCUT2D eigenvalue weighted by Crippen LogP contribution is -2.44. The number of anilines is 1. The van der Waals surface area contributed by atoms with Crippen LogP contribution in [0.25, 0.3) is 22.0 Å². The molecule has 5 rings (SSSR count). The van der Waals surface area contributed by atoms with Crippen LogP contribution in [0.1, 0.15) is 11.1 Å². The second-order valence-electron chi connectivity index (χ2n) is 8.16. The maximum absolute atomic E-state index is 15.0. The predicted octanol–water partition coefficient (Wildman–Crippen LogP) is 2.64. The molecule has 0 aliphatic carbocycles. The number of hydrogen-bond donors (Lipinski definition) is 1. The SMILES string of the molecule is CN1CCN(c2ccc(F)c(C3=C(c4cn(C)c5ccccc45)C(=O)NC3=O)c2)CC1. The number of piperazine rings is 1. The van der Waals surface area contributed by atoms with Crippen molar-refractivity contribution in [2.75, 3.05) is 38.1 Å². The lowest BCUT2D eigenvalue weighted by molar-refractivity contribution is -0.122. The number of halogens is 1. The molecule has 2 amide bonds. The zero-order valence-corrected chi connectivity index (χ0v) is 17.5. The summed E-state index contributed by atoms with van der Waals surface area (Å²) in [5.41, 5.74) is 2.87. The number of imide groups is 1. The van der Waals surface area contributed by atoms with E-state index >= 15 is 4.39 Å². The lowest BCUT2D eigenvalue weighted by atomic mass is 9.95. The number of likely N-dealkylation sites (N-methyl/N-ethyl adjacent to an activating group) is 1. The molecular weight excluding hydrogens is 395 g/mol. The third-order valence-corrected chi connectivity index (χ3v) is 6.19. The molecule has 31 heavy (non-hydrogen) atoms. The van der Waals surface area contributed by atoms with Crippen LogP contribution in [-0.2, 0) is 16.6 Å². The van der Waals surface area contributed by atoms with Gasteiger partial charge in [0.15, 0.2) is 0 Å². The highest BCUT2D eigenvalue weighted by molar-refractivity contribution is 6.50. The minimum absolute atomic E-state index is 0.0924. The number of fused-ring (bicyclic) bond motifs is 1. The van der Waals surface area contributed by atoms with E-state index in [9.17, 15) is 9.59 Å². The molecule has 2 aromatic carbocycles. The number of benzene rings is 2. The van der Waals surface area contributed by atoms with Gasteiger partial charge in [0.05, 0.1) is 11.1 Å². The summed E-state index contributed by atoms with van der Waals surface area (Å²) in [6, 6.07) is 12.5. The first-order chi connectivity index (χ1) is 14.9. The molecule has 0 bridgehead atoms. The van der Waals surface area contributed by atoms with E-state index in [4.69, 9.17) is 0 Å². The molecule has 1 aromatic heterocycles. The van der Waals surface area contributed by atoms with Crippen molar-refractivity contribution in [2.24, 2.45) is 7.05 Å². The molecule has 1 N–H and O–H groups in total. The average Bonchev–Trinajstić information content (AvgIpc) is 3.24. The van der Waals surface area contributed by atoms with Crippen LogP contribution in [0.15, 0.2) is 48.7 Å². The van der Waals surface area contributed by atoms with E-state index < -0.39 is 17.6 Å². The second-order valence-corrected chi connectivity index (χ2v) is 8.16. The number of aromatic nitrogens is 1. The van der Waals surface area contributed by atoms with Gasteiger partial charge in [-0.15, -0.1) is 0 Å². The Morgan fingerprint density at radius 1 is 0.871 bits per heavy atom. The van der Waals surface area contributed by atoms with E-state index in [2.05, 4.69) is 22.2 Å². The standard InChI is InChI=1S/C24H23FN4O2/c1-27-9-11-29(12-10-27)15-7-8-19(25)17(13-15)21-22(24(31)26-23(21)30)18-14-28(2)20-6-4-3-5-16(18)20/h3-8,13-14H,9-12H2,1-2H3,(H,26,30,31). The smallest absolute Gasteiger partial charge is 0.259 e. The van der Waals surface area contributed by atoms with Crippen LogP contribution in [0.5, 0.6) is 0 Å². The van der Waals surface area contributed by atoms with Gasteiger partial charge in [-0.3, -0.25) is 14.9 Å². The van der Waals surface area contributed by atoms with Gasteiger partial charge in [0.25, 0.3) is 11.8 Å². The third kappa shape index (κ3) is 3.21. The molecule has 0 saturated carbocycles. The fourth-order valence-electron chi connectivity index (χ4n) is 4.48. The molecular formula is C24H23FN4O2. The molecule has 1 fully saturated rings. The van der Waals surface area contributed by atoms with E-state index in [0.717, 1.165) is 42.8 Å². The molecule has 0 spiro atoms. The molecule has 0 radical (unpaired) electrons. The highest BCUT2D eigenvalue weighted by Crippen LogP contribution is 2.37. The van der Waals surface area contributed by atoms with Crippen LogP contribution in [0.4, 0.5) is 10.1 Å². The summed E-state index contributed by atoms with van der Waals surface area (Å²) in [7, 11) is 3.96.